The molecule has 3 heteroatoms. The topological polar surface area (TPSA) is 40.5 Å². The van der Waals surface area contributed by atoms with E-state index in [2.05, 4.69) is 35.2 Å². The van der Waals surface area contributed by atoms with Gasteiger partial charge in [-0.25, -0.2) is 4.79 Å². The third-order valence-corrected chi connectivity index (χ3v) is 3.70. The van der Waals surface area contributed by atoms with Gasteiger partial charge in [-0.3, -0.25) is 4.90 Å². The second-order valence-electron chi connectivity index (χ2n) is 5.17. The van der Waals surface area contributed by atoms with Gasteiger partial charge < -0.3 is 5.11 Å². The summed E-state index contributed by atoms with van der Waals surface area (Å²) in [5.41, 5.74) is 1.42. The summed E-state index contributed by atoms with van der Waals surface area (Å²) in [5.74, 6) is -0.0962. The Morgan fingerprint density at radius 2 is 1.95 bits per heavy atom. The van der Waals surface area contributed by atoms with Gasteiger partial charge >= 0.3 is 5.97 Å². The van der Waals surface area contributed by atoms with Gasteiger partial charge in [0.1, 0.15) is 0 Å². The van der Waals surface area contributed by atoms with Crippen molar-refractivity contribution >= 4 is 5.97 Å². The highest BCUT2D eigenvalue weighted by Crippen LogP contribution is 2.21. The van der Waals surface area contributed by atoms with Crippen LogP contribution in [0.15, 0.2) is 42.5 Å². The van der Waals surface area contributed by atoms with Gasteiger partial charge in [0.2, 0.25) is 0 Å². The fourth-order valence-corrected chi connectivity index (χ4v) is 2.62. The molecule has 1 N–H and O–H groups in total. The van der Waals surface area contributed by atoms with Crippen LogP contribution >= 0.6 is 0 Å². The van der Waals surface area contributed by atoms with E-state index < -0.39 is 5.97 Å². The Morgan fingerprint density at radius 3 is 2.58 bits per heavy atom. The minimum absolute atomic E-state index is 0.754. The van der Waals surface area contributed by atoms with Gasteiger partial charge in [-0.05, 0) is 43.8 Å². The quantitative estimate of drug-likeness (QED) is 0.826. The molecule has 1 heterocycles. The molecule has 1 aliphatic heterocycles. The first-order valence-corrected chi connectivity index (χ1v) is 6.90. The first-order chi connectivity index (χ1) is 9.24. The number of piperidine rings is 1. The van der Waals surface area contributed by atoms with Crippen molar-refractivity contribution in [1.82, 2.24) is 4.90 Å². The fourth-order valence-electron chi connectivity index (χ4n) is 2.62. The molecule has 0 aliphatic carbocycles. The van der Waals surface area contributed by atoms with Crippen LogP contribution in [0.3, 0.4) is 0 Å². The van der Waals surface area contributed by atoms with E-state index in [1.807, 2.05) is 0 Å². The zero-order valence-electron chi connectivity index (χ0n) is 11.2. The van der Waals surface area contributed by atoms with Crippen LogP contribution in [-0.2, 0) is 11.2 Å². The Hall–Kier alpha value is -1.61. The van der Waals surface area contributed by atoms with Gasteiger partial charge in [-0.1, -0.05) is 36.4 Å². The predicted octanol–water partition coefficient (Wildman–Crippen LogP) is 2.58. The monoisotopic (exact) mass is 259 g/mol. The summed E-state index contributed by atoms with van der Waals surface area (Å²) >= 11 is 0. The lowest BCUT2D eigenvalue weighted by Gasteiger charge is -2.31. The van der Waals surface area contributed by atoms with Gasteiger partial charge in [-0.15, -0.1) is 0 Å². The molecule has 0 spiro atoms. The molecule has 0 amide bonds. The van der Waals surface area contributed by atoms with E-state index in [0.717, 1.165) is 25.6 Å². The molecule has 3 nitrogen and oxygen atoms in total. The predicted molar refractivity (Wildman–Crippen MR) is 76.1 cm³/mol. The molecular weight excluding hydrogens is 238 g/mol. The van der Waals surface area contributed by atoms with Gasteiger partial charge in [0, 0.05) is 12.6 Å². The maximum atomic E-state index is 10.4. The third kappa shape index (κ3) is 4.87. The number of aliphatic carboxylic acids is 1. The van der Waals surface area contributed by atoms with Crippen molar-refractivity contribution in [3.05, 3.63) is 48.0 Å². The molecule has 0 atom stereocenters. The van der Waals surface area contributed by atoms with Crippen molar-refractivity contribution in [2.24, 2.45) is 5.92 Å². The Morgan fingerprint density at radius 1 is 1.26 bits per heavy atom. The molecule has 0 saturated carbocycles. The molecule has 0 unspecified atom stereocenters. The van der Waals surface area contributed by atoms with E-state index in [0.29, 0.717) is 0 Å². The first kappa shape index (κ1) is 13.8. The summed E-state index contributed by atoms with van der Waals surface area (Å²) in [6.45, 7) is 2.90. The van der Waals surface area contributed by atoms with E-state index in [9.17, 15) is 4.79 Å². The molecule has 0 aromatic heterocycles. The average molecular weight is 259 g/mol. The summed E-state index contributed by atoms with van der Waals surface area (Å²) in [4.78, 5) is 12.7. The van der Waals surface area contributed by atoms with Crippen molar-refractivity contribution in [3.63, 3.8) is 0 Å². The van der Waals surface area contributed by atoms with E-state index in [4.69, 9.17) is 5.11 Å². The van der Waals surface area contributed by atoms with E-state index in [1.54, 1.807) is 6.08 Å². The summed E-state index contributed by atoms with van der Waals surface area (Å²) in [5, 5.41) is 8.54. The normalized spacial score (nSPS) is 17.9. The zero-order chi connectivity index (χ0) is 13.5. The van der Waals surface area contributed by atoms with Crippen molar-refractivity contribution in [2.45, 2.75) is 19.3 Å². The zero-order valence-corrected chi connectivity index (χ0v) is 11.2. The van der Waals surface area contributed by atoms with Crippen molar-refractivity contribution in [1.29, 1.82) is 0 Å². The fraction of sp³-hybridized carbons (Fsp3) is 0.438. The third-order valence-electron chi connectivity index (χ3n) is 3.70. The Balaban J connectivity index is 1.72. The van der Waals surface area contributed by atoms with Crippen LogP contribution in [0.1, 0.15) is 18.4 Å². The van der Waals surface area contributed by atoms with Crippen molar-refractivity contribution in [3.8, 4) is 0 Å². The van der Waals surface area contributed by atoms with Crippen LogP contribution in [0.5, 0.6) is 0 Å². The number of hydrogen-bond donors (Lipinski definition) is 1. The summed E-state index contributed by atoms with van der Waals surface area (Å²) in [6, 6.07) is 10.6. The summed E-state index contributed by atoms with van der Waals surface area (Å²) < 4.78 is 0. The Bertz CT molecular complexity index is 420. The lowest BCUT2D eigenvalue weighted by atomic mass is 9.90. The molecule has 102 valence electrons. The number of benzene rings is 1. The molecule has 1 saturated heterocycles. The standard InChI is InChI=1S/C16H21NO2/c18-16(19)7-4-10-17-11-8-15(9-12-17)13-14-5-2-1-3-6-14/h1-7,15H,8-13H2,(H,18,19). The lowest BCUT2D eigenvalue weighted by Crippen LogP contribution is -2.34. The molecule has 1 aliphatic rings. The second-order valence-corrected chi connectivity index (χ2v) is 5.17. The van der Waals surface area contributed by atoms with E-state index in [-0.39, 0.29) is 0 Å². The van der Waals surface area contributed by atoms with E-state index in [1.165, 1.54) is 30.9 Å². The van der Waals surface area contributed by atoms with Crippen LogP contribution in [0, 0.1) is 5.92 Å². The second kappa shape index (κ2) is 7.10. The van der Waals surface area contributed by atoms with Gasteiger partial charge in [0.25, 0.3) is 0 Å². The number of carbonyl (C=O) groups is 1. The minimum Gasteiger partial charge on any atom is -0.478 e. The number of carboxylic acid groups (broad SMARTS) is 1. The summed E-state index contributed by atoms with van der Waals surface area (Å²) in [6.07, 6.45) is 6.54. The van der Waals surface area contributed by atoms with Crippen LogP contribution in [0.4, 0.5) is 0 Å². The molecule has 0 radical (unpaired) electrons. The molecule has 2 rings (SSSR count). The minimum atomic E-state index is -0.862. The van der Waals surface area contributed by atoms with Crippen LogP contribution in [0.25, 0.3) is 0 Å². The van der Waals surface area contributed by atoms with Crippen LogP contribution < -0.4 is 0 Å². The highest BCUT2D eigenvalue weighted by molar-refractivity contribution is 5.79. The molecule has 1 aromatic rings. The SMILES string of the molecule is O=C(O)C=CCN1CCC(Cc2ccccc2)CC1. The highest BCUT2D eigenvalue weighted by atomic mass is 16.4. The molecule has 1 fully saturated rings. The molecular formula is C16H21NO2. The van der Waals surface area contributed by atoms with E-state index >= 15 is 0 Å². The van der Waals surface area contributed by atoms with Crippen molar-refractivity contribution in [2.75, 3.05) is 19.6 Å². The number of nitrogens with zero attached hydrogens (tertiary/aromatic N) is 1. The van der Waals surface area contributed by atoms with Crippen LogP contribution in [0.2, 0.25) is 0 Å². The number of rotatable bonds is 5. The Kier molecular flexibility index (Phi) is 5.16. The van der Waals surface area contributed by atoms with Crippen molar-refractivity contribution < 1.29 is 9.90 Å². The smallest absolute Gasteiger partial charge is 0.328 e. The van der Waals surface area contributed by atoms with Crippen LogP contribution in [-0.4, -0.2) is 35.6 Å². The Labute approximate surface area is 114 Å². The van der Waals surface area contributed by atoms with Gasteiger partial charge in [-0.2, -0.15) is 0 Å². The average Bonchev–Trinajstić information content (AvgIpc) is 2.42. The molecule has 19 heavy (non-hydrogen) atoms. The molecule has 1 aromatic carbocycles. The number of likely N-dealkylation sites (tertiary alicyclic amines) is 1. The maximum absolute atomic E-state index is 10.4. The maximum Gasteiger partial charge on any atom is 0.328 e. The number of carboxylic acids is 1. The lowest BCUT2D eigenvalue weighted by molar-refractivity contribution is -0.131. The largest absolute Gasteiger partial charge is 0.478 e. The first-order valence-electron chi connectivity index (χ1n) is 6.90. The number of hydrogen-bond acceptors (Lipinski definition) is 2. The highest BCUT2D eigenvalue weighted by Gasteiger charge is 2.18. The van der Waals surface area contributed by atoms with Gasteiger partial charge in [0.05, 0.1) is 0 Å². The van der Waals surface area contributed by atoms with Gasteiger partial charge in [0.15, 0.2) is 0 Å². The summed E-state index contributed by atoms with van der Waals surface area (Å²) in [7, 11) is 0. The molecule has 0 bridgehead atoms.